The van der Waals surface area contributed by atoms with Crippen molar-refractivity contribution in [3.63, 3.8) is 0 Å². The van der Waals surface area contributed by atoms with Gasteiger partial charge in [0.25, 0.3) is 0 Å². The first-order valence-electron chi connectivity index (χ1n) is 6.36. The zero-order valence-electron chi connectivity index (χ0n) is 9.63. The highest BCUT2D eigenvalue weighted by Crippen LogP contribution is 2.53. The molecule has 2 aliphatic rings. The Bertz CT molecular complexity index is 201. The van der Waals surface area contributed by atoms with Crippen LogP contribution in [0.2, 0.25) is 0 Å². The molecule has 0 aromatic heterocycles. The fourth-order valence-electron chi connectivity index (χ4n) is 3.86. The van der Waals surface area contributed by atoms with Gasteiger partial charge in [0, 0.05) is 0 Å². The summed E-state index contributed by atoms with van der Waals surface area (Å²) in [5.41, 5.74) is -0.266. The Morgan fingerprint density at radius 3 is 2.71 bits per heavy atom. The standard InChI is InChI=1S/C13H24O/c1-3-4-10(2)8-13(14)9-11-5-6-12(13)7-11/h10-12,14H,3-9H2,1-2H3. The second-order valence-corrected chi connectivity index (χ2v) is 5.78. The van der Waals surface area contributed by atoms with Crippen LogP contribution in [-0.2, 0) is 0 Å². The molecule has 1 nitrogen and oxygen atoms in total. The highest BCUT2D eigenvalue weighted by atomic mass is 16.3. The monoisotopic (exact) mass is 196 g/mol. The molecule has 0 heterocycles. The van der Waals surface area contributed by atoms with E-state index in [0.29, 0.717) is 11.8 Å². The van der Waals surface area contributed by atoms with Gasteiger partial charge in [0.15, 0.2) is 0 Å². The number of hydrogen-bond acceptors (Lipinski definition) is 1. The molecule has 4 unspecified atom stereocenters. The Morgan fingerprint density at radius 1 is 1.43 bits per heavy atom. The van der Waals surface area contributed by atoms with Gasteiger partial charge in [-0.1, -0.05) is 26.7 Å². The minimum Gasteiger partial charge on any atom is -0.390 e. The van der Waals surface area contributed by atoms with Crippen molar-refractivity contribution in [1.29, 1.82) is 0 Å². The van der Waals surface area contributed by atoms with Gasteiger partial charge in [-0.25, -0.2) is 0 Å². The highest BCUT2D eigenvalue weighted by molar-refractivity contribution is 5.01. The number of aliphatic hydroxyl groups is 1. The van der Waals surface area contributed by atoms with Crippen LogP contribution >= 0.6 is 0 Å². The second-order valence-electron chi connectivity index (χ2n) is 5.78. The largest absolute Gasteiger partial charge is 0.390 e. The molecule has 82 valence electrons. The first kappa shape index (κ1) is 10.5. The van der Waals surface area contributed by atoms with E-state index >= 15 is 0 Å². The average molecular weight is 196 g/mol. The third-order valence-corrected chi connectivity index (χ3v) is 4.43. The van der Waals surface area contributed by atoms with E-state index in [9.17, 15) is 5.11 Å². The maximum Gasteiger partial charge on any atom is 0.0681 e. The molecule has 14 heavy (non-hydrogen) atoms. The van der Waals surface area contributed by atoms with Gasteiger partial charge >= 0.3 is 0 Å². The third kappa shape index (κ3) is 1.84. The minimum absolute atomic E-state index is 0.266. The highest BCUT2D eigenvalue weighted by Gasteiger charge is 2.49. The van der Waals surface area contributed by atoms with Crippen molar-refractivity contribution in [3.05, 3.63) is 0 Å². The third-order valence-electron chi connectivity index (χ3n) is 4.43. The van der Waals surface area contributed by atoms with Crippen molar-refractivity contribution in [2.45, 2.75) is 64.4 Å². The summed E-state index contributed by atoms with van der Waals surface area (Å²) in [6.07, 6.45) is 8.68. The molecule has 0 aromatic carbocycles. The molecule has 0 radical (unpaired) electrons. The van der Waals surface area contributed by atoms with Crippen LogP contribution in [-0.4, -0.2) is 10.7 Å². The summed E-state index contributed by atoms with van der Waals surface area (Å²) in [4.78, 5) is 0. The van der Waals surface area contributed by atoms with E-state index in [1.165, 1.54) is 32.1 Å². The van der Waals surface area contributed by atoms with Crippen molar-refractivity contribution in [2.75, 3.05) is 0 Å². The molecule has 0 amide bonds. The van der Waals surface area contributed by atoms with Gasteiger partial charge in [-0.2, -0.15) is 0 Å². The summed E-state index contributed by atoms with van der Waals surface area (Å²) in [5.74, 6) is 2.22. The van der Waals surface area contributed by atoms with Crippen molar-refractivity contribution < 1.29 is 5.11 Å². The summed E-state index contributed by atoms with van der Waals surface area (Å²) in [5, 5.41) is 10.6. The van der Waals surface area contributed by atoms with Gasteiger partial charge in [0.2, 0.25) is 0 Å². The van der Waals surface area contributed by atoms with E-state index < -0.39 is 0 Å². The lowest BCUT2D eigenvalue weighted by molar-refractivity contribution is -0.0327. The summed E-state index contributed by atoms with van der Waals surface area (Å²) in [7, 11) is 0. The summed E-state index contributed by atoms with van der Waals surface area (Å²) >= 11 is 0. The zero-order valence-corrected chi connectivity index (χ0v) is 9.63. The molecule has 2 bridgehead atoms. The van der Waals surface area contributed by atoms with Gasteiger partial charge in [-0.05, 0) is 49.9 Å². The predicted molar refractivity (Wildman–Crippen MR) is 59.1 cm³/mol. The molecule has 2 rings (SSSR count). The Hall–Kier alpha value is -0.0400. The lowest BCUT2D eigenvalue weighted by atomic mass is 9.77. The van der Waals surface area contributed by atoms with E-state index in [0.717, 1.165) is 18.8 Å². The Balaban J connectivity index is 1.90. The van der Waals surface area contributed by atoms with Crippen molar-refractivity contribution in [1.82, 2.24) is 0 Å². The van der Waals surface area contributed by atoms with Gasteiger partial charge in [0.05, 0.1) is 5.60 Å². The van der Waals surface area contributed by atoms with Gasteiger partial charge in [-0.3, -0.25) is 0 Å². The Morgan fingerprint density at radius 2 is 2.21 bits per heavy atom. The Labute approximate surface area is 87.9 Å². The molecule has 0 aliphatic heterocycles. The molecule has 0 aromatic rings. The zero-order chi connectivity index (χ0) is 10.2. The molecule has 1 heteroatoms. The maximum absolute atomic E-state index is 10.6. The lowest BCUT2D eigenvalue weighted by Gasteiger charge is -2.34. The molecule has 0 spiro atoms. The van der Waals surface area contributed by atoms with Crippen molar-refractivity contribution in [2.24, 2.45) is 17.8 Å². The first-order valence-corrected chi connectivity index (χ1v) is 6.36. The van der Waals surface area contributed by atoms with E-state index in [-0.39, 0.29) is 5.60 Å². The smallest absolute Gasteiger partial charge is 0.0681 e. The molecular weight excluding hydrogens is 172 g/mol. The predicted octanol–water partition coefficient (Wildman–Crippen LogP) is 3.36. The lowest BCUT2D eigenvalue weighted by Crippen LogP contribution is -2.36. The normalized spacial score (nSPS) is 43.1. The SMILES string of the molecule is CCCC(C)CC1(O)CC2CCC1C2. The van der Waals surface area contributed by atoms with Crippen LogP contribution in [0.25, 0.3) is 0 Å². The van der Waals surface area contributed by atoms with Gasteiger partial charge in [0.1, 0.15) is 0 Å². The summed E-state index contributed by atoms with van der Waals surface area (Å²) in [6, 6.07) is 0. The summed E-state index contributed by atoms with van der Waals surface area (Å²) in [6.45, 7) is 4.54. The van der Waals surface area contributed by atoms with Crippen molar-refractivity contribution >= 4 is 0 Å². The van der Waals surface area contributed by atoms with Crippen LogP contribution in [0.5, 0.6) is 0 Å². The van der Waals surface area contributed by atoms with Crippen LogP contribution in [0.4, 0.5) is 0 Å². The van der Waals surface area contributed by atoms with Gasteiger partial charge in [-0.15, -0.1) is 0 Å². The molecule has 0 saturated heterocycles. The molecule has 4 atom stereocenters. The minimum atomic E-state index is -0.266. The van der Waals surface area contributed by atoms with Crippen LogP contribution < -0.4 is 0 Å². The molecule has 2 fully saturated rings. The first-order chi connectivity index (χ1) is 6.64. The van der Waals surface area contributed by atoms with Gasteiger partial charge < -0.3 is 5.11 Å². The second kappa shape index (κ2) is 3.84. The van der Waals surface area contributed by atoms with Crippen LogP contribution in [0.1, 0.15) is 58.8 Å². The van der Waals surface area contributed by atoms with E-state index in [1.54, 1.807) is 0 Å². The quantitative estimate of drug-likeness (QED) is 0.731. The fraction of sp³-hybridized carbons (Fsp3) is 1.00. The van der Waals surface area contributed by atoms with Crippen LogP contribution in [0.3, 0.4) is 0 Å². The van der Waals surface area contributed by atoms with Crippen LogP contribution in [0.15, 0.2) is 0 Å². The maximum atomic E-state index is 10.6. The fourth-order valence-corrected chi connectivity index (χ4v) is 3.86. The average Bonchev–Trinajstić information content (AvgIpc) is 2.62. The van der Waals surface area contributed by atoms with Crippen molar-refractivity contribution in [3.8, 4) is 0 Å². The molecular formula is C13H24O. The number of rotatable bonds is 4. The molecule has 2 saturated carbocycles. The Kier molecular flexibility index (Phi) is 2.88. The summed E-state index contributed by atoms with van der Waals surface area (Å²) < 4.78 is 0. The van der Waals surface area contributed by atoms with E-state index in [2.05, 4.69) is 13.8 Å². The number of hydrogen-bond donors (Lipinski definition) is 1. The molecule has 1 N–H and O–H groups in total. The van der Waals surface area contributed by atoms with E-state index in [4.69, 9.17) is 0 Å². The molecule has 2 aliphatic carbocycles. The number of fused-ring (bicyclic) bond motifs is 2. The topological polar surface area (TPSA) is 20.2 Å². The van der Waals surface area contributed by atoms with Crippen LogP contribution in [0, 0.1) is 17.8 Å². The van der Waals surface area contributed by atoms with E-state index in [1.807, 2.05) is 0 Å².